The number of carbonyl (C=O) groups excluding carboxylic acids is 1. The number of pyridine rings is 1. The van der Waals surface area contributed by atoms with Crippen molar-refractivity contribution in [1.29, 1.82) is 0 Å². The molecule has 4 rings (SSSR count). The fourth-order valence-corrected chi connectivity index (χ4v) is 5.43. The maximum absolute atomic E-state index is 13.4. The minimum absolute atomic E-state index is 0.0439. The van der Waals surface area contributed by atoms with E-state index < -0.39 is 9.84 Å². The Bertz CT molecular complexity index is 1670. The van der Waals surface area contributed by atoms with Crippen molar-refractivity contribution in [2.24, 2.45) is 10.7 Å². The van der Waals surface area contributed by atoms with E-state index in [1.165, 1.54) is 4.57 Å². The highest BCUT2D eigenvalue weighted by molar-refractivity contribution is 7.90. The largest absolute Gasteiger partial charge is 0.496 e. The van der Waals surface area contributed by atoms with Crippen LogP contribution in [0.3, 0.4) is 0 Å². The van der Waals surface area contributed by atoms with Gasteiger partial charge >= 0.3 is 0 Å². The molecule has 9 nitrogen and oxygen atoms in total. The van der Waals surface area contributed by atoms with E-state index in [0.717, 1.165) is 35.6 Å². The Labute approximate surface area is 234 Å². The van der Waals surface area contributed by atoms with Gasteiger partial charge in [-0.2, -0.15) is 0 Å². The molecular weight excluding hydrogens is 528 g/mol. The van der Waals surface area contributed by atoms with Gasteiger partial charge < -0.3 is 19.9 Å². The third kappa shape index (κ3) is 6.44. The molecule has 0 spiro atoms. The summed E-state index contributed by atoms with van der Waals surface area (Å²) in [5, 5.41) is 1.23. The van der Waals surface area contributed by atoms with Crippen LogP contribution >= 0.6 is 0 Å². The van der Waals surface area contributed by atoms with E-state index in [4.69, 9.17) is 10.5 Å². The van der Waals surface area contributed by atoms with Crippen LogP contribution in [0.25, 0.3) is 28.0 Å². The van der Waals surface area contributed by atoms with E-state index in [1.807, 2.05) is 35.2 Å². The van der Waals surface area contributed by atoms with Crippen molar-refractivity contribution < 1.29 is 17.9 Å². The standard InChI is InChI=1S/C30H36N4O5S/c1-5-10-33(11-6-2)29(35)23-16-25-26(32-28(31)19-23)17-22(18-27(25)39-3)20-7-8-24-21(15-20)9-12-34(30(24)36)13-14-40(4,37)38/h7-9,12,15-18H,5-6,10-11,13-14,19H2,1-4H3,(H2,31,32). The van der Waals surface area contributed by atoms with Crippen LogP contribution in [0, 0.1) is 0 Å². The average molecular weight is 565 g/mol. The number of amides is 1. The molecule has 10 heteroatoms. The third-order valence-corrected chi connectivity index (χ3v) is 7.78. The van der Waals surface area contributed by atoms with E-state index in [0.29, 0.717) is 46.9 Å². The summed E-state index contributed by atoms with van der Waals surface area (Å²) in [7, 11) is -1.61. The number of methoxy groups -OCH3 is 1. The second-order valence-corrected chi connectivity index (χ2v) is 12.4. The molecule has 0 radical (unpaired) electrons. The zero-order valence-electron chi connectivity index (χ0n) is 23.4. The number of fused-ring (bicyclic) bond motifs is 2. The smallest absolute Gasteiger partial charge is 0.258 e. The highest BCUT2D eigenvalue weighted by Crippen LogP contribution is 2.39. The normalized spacial score (nSPS) is 13.3. The molecule has 0 bridgehead atoms. The fraction of sp³-hybridized carbons (Fsp3) is 0.367. The van der Waals surface area contributed by atoms with Crippen molar-refractivity contribution in [3.05, 3.63) is 64.1 Å². The summed E-state index contributed by atoms with van der Waals surface area (Å²) in [5.41, 5.74) is 9.57. The molecule has 0 saturated heterocycles. The second-order valence-electron chi connectivity index (χ2n) is 10.1. The zero-order chi connectivity index (χ0) is 29.0. The molecule has 1 aromatic heterocycles. The number of nitrogens with two attached hydrogens (primary N) is 1. The number of aliphatic imine (C=N–C) groups is 1. The first-order valence-corrected chi connectivity index (χ1v) is 15.5. The zero-order valence-corrected chi connectivity index (χ0v) is 24.3. The van der Waals surface area contributed by atoms with Crippen LogP contribution in [-0.4, -0.2) is 61.8 Å². The van der Waals surface area contributed by atoms with E-state index in [1.54, 1.807) is 25.4 Å². The maximum atomic E-state index is 13.4. The first-order chi connectivity index (χ1) is 19.0. The number of rotatable bonds is 10. The topological polar surface area (TPSA) is 124 Å². The van der Waals surface area contributed by atoms with Gasteiger partial charge in [0.15, 0.2) is 0 Å². The number of hydrogen-bond donors (Lipinski definition) is 1. The van der Waals surface area contributed by atoms with Gasteiger partial charge in [-0.25, -0.2) is 13.4 Å². The highest BCUT2D eigenvalue weighted by atomic mass is 32.2. The molecule has 1 aliphatic heterocycles. The van der Waals surface area contributed by atoms with Crippen molar-refractivity contribution in [1.82, 2.24) is 9.47 Å². The van der Waals surface area contributed by atoms with E-state index in [2.05, 4.69) is 18.8 Å². The maximum Gasteiger partial charge on any atom is 0.258 e. The van der Waals surface area contributed by atoms with Crippen LogP contribution in [0.4, 0.5) is 5.69 Å². The van der Waals surface area contributed by atoms with Crippen LogP contribution in [0.5, 0.6) is 5.75 Å². The molecule has 2 aromatic carbocycles. The monoisotopic (exact) mass is 564 g/mol. The molecule has 0 fully saturated rings. The van der Waals surface area contributed by atoms with Crippen LogP contribution in [-0.2, 0) is 21.2 Å². The van der Waals surface area contributed by atoms with Crippen molar-refractivity contribution >= 4 is 44.1 Å². The summed E-state index contributed by atoms with van der Waals surface area (Å²) in [6.07, 6.45) is 6.59. The van der Waals surface area contributed by atoms with Gasteiger partial charge in [0, 0.05) is 55.0 Å². The highest BCUT2D eigenvalue weighted by Gasteiger charge is 2.23. The number of ether oxygens (including phenoxy) is 1. The Morgan fingerprint density at radius 2 is 1.82 bits per heavy atom. The fourth-order valence-electron chi connectivity index (χ4n) is 4.90. The van der Waals surface area contributed by atoms with Crippen molar-refractivity contribution in [2.45, 2.75) is 39.7 Å². The summed E-state index contributed by atoms with van der Waals surface area (Å²) in [6.45, 7) is 5.55. The summed E-state index contributed by atoms with van der Waals surface area (Å²) in [4.78, 5) is 32.8. The molecule has 0 saturated carbocycles. The predicted octanol–water partition coefficient (Wildman–Crippen LogP) is 4.15. The lowest BCUT2D eigenvalue weighted by Gasteiger charge is -2.22. The molecule has 0 unspecified atom stereocenters. The van der Waals surface area contributed by atoms with Crippen LogP contribution in [0.1, 0.15) is 38.7 Å². The Kier molecular flexibility index (Phi) is 8.78. The number of nitrogens with zero attached hydrogens (tertiary/aromatic N) is 3. The predicted molar refractivity (Wildman–Crippen MR) is 161 cm³/mol. The van der Waals surface area contributed by atoms with Crippen molar-refractivity contribution in [3.63, 3.8) is 0 Å². The van der Waals surface area contributed by atoms with Crippen LogP contribution in [0.2, 0.25) is 0 Å². The van der Waals surface area contributed by atoms with E-state index in [9.17, 15) is 18.0 Å². The van der Waals surface area contributed by atoms with Crippen molar-refractivity contribution in [3.8, 4) is 16.9 Å². The number of benzene rings is 2. The SMILES string of the molecule is CCCN(CCC)C(=O)C1=Cc2c(cc(-c3ccc4c(=O)n(CCS(C)(=O)=O)ccc4c3)cc2OC)N=C(N)C1. The van der Waals surface area contributed by atoms with Gasteiger partial charge in [0.05, 0.1) is 18.6 Å². The lowest BCUT2D eigenvalue weighted by molar-refractivity contribution is -0.127. The molecule has 0 atom stereocenters. The molecule has 1 aliphatic rings. The quantitative estimate of drug-likeness (QED) is 0.395. The molecule has 40 heavy (non-hydrogen) atoms. The number of amidine groups is 1. The van der Waals surface area contributed by atoms with Gasteiger partial charge in [-0.15, -0.1) is 0 Å². The van der Waals surface area contributed by atoms with E-state index in [-0.39, 0.29) is 30.2 Å². The number of carbonyl (C=O) groups is 1. The number of aryl methyl sites for hydroxylation is 1. The molecule has 2 heterocycles. The average Bonchev–Trinajstić information content (AvgIpc) is 3.08. The Morgan fingerprint density at radius 1 is 1.10 bits per heavy atom. The molecule has 2 N–H and O–H groups in total. The molecule has 0 aliphatic carbocycles. The first-order valence-electron chi connectivity index (χ1n) is 13.4. The van der Waals surface area contributed by atoms with Gasteiger partial charge in [0.2, 0.25) is 5.91 Å². The third-order valence-electron chi connectivity index (χ3n) is 6.86. The van der Waals surface area contributed by atoms with Gasteiger partial charge in [0.25, 0.3) is 5.56 Å². The molecule has 212 valence electrons. The van der Waals surface area contributed by atoms with Crippen molar-refractivity contribution in [2.75, 3.05) is 32.2 Å². The summed E-state index contributed by atoms with van der Waals surface area (Å²) >= 11 is 0. The second kappa shape index (κ2) is 12.1. The number of aromatic nitrogens is 1. The van der Waals surface area contributed by atoms with Crippen LogP contribution in [0.15, 0.2) is 58.0 Å². The van der Waals surface area contributed by atoms with Gasteiger partial charge in [-0.3, -0.25) is 9.59 Å². The number of sulfone groups is 1. The Hall–Kier alpha value is -3.92. The van der Waals surface area contributed by atoms with Gasteiger partial charge in [0.1, 0.15) is 21.4 Å². The first kappa shape index (κ1) is 29.1. The van der Waals surface area contributed by atoms with Gasteiger partial charge in [-0.05, 0) is 65.8 Å². The summed E-state index contributed by atoms with van der Waals surface area (Å²) in [5.74, 6) is 0.757. The lowest BCUT2D eigenvalue weighted by atomic mass is 9.98. The number of hydrogen-bond acceptors (Lipinski definition) is 7. The van der Waals surface area contributed by atoms with Crippen LogP contribution < -0.4 is 16.0 Å². The van der Waals surface area contributed by atoms with E-state index >= 15 is 0 Å². The summed E-state index contributed by atoms with van der Waals surface area (Å²) in [6, 6.07) is 11.1. The minimum atomic E-state index is -3.19. The minimum Gasteiger partial charge on any atom is -0.496 e. The van der Waals surface area contributed by atoms with Gasteiger partial charge in [-0.1, -0.05) is 19.9 Å². The lowest BCUT2D eigenvalue weighted by Crippen LogP contribution is -2.34. The molecular formula is C30H36N4O5S. The molecule has 3 aromatic rings. The Morgan fingerprint density at radius 3 is 2.48 bits per heavy atom. The Balaban J connectivity index is 1.75. The molecule has 1 amide bonds. The summed E-state index contributed by atoms with van der Waals surface area (Å²) < 4.78 is 30.3.